The van der Waals surface area contributed by atoms with Gasteiger partial charge in [-0.1, -0.05) is 17.3 Å². The van der Waals surface area contributed by atoms with E-state index in [4.69, 9.17) is 14.0 Å². The van der Waals surface area contributed by atoms with Crippen molar-refractivity contribution in [1.29, 1.82) is 0 Å². The third kappa shape index (κ3) is 3.23. The largest absolute Gasteiger partial charge is 0.485 e. The van der Waals surface area contributed by atoms with Crippen molar-refractivity contribution in [3.8, 4) is 22.8 Å². The summed E-state index contributed by atoms with van der Waals surface area (Å²) in [6.07, 6.45) is 2.72. The maximum atomic E-state index is 12.6. The normalized spacial score (nSPS) is 15.5. The lowest BCUT2D eigenvalue weighted by Gasteiger charge is -2.28. The molecule has 0 saturated heterocycles. The Morgan fingerprint density at radius 3 is 2.88 bits per heavy atom. The first-order chi connectivity index (χ1) is 12.7. The number of nitrogens with zero attached hydrogens (tertiary/aromatic N) is 3. The highest BCUT2D eigenvalue weighted by atomic mass is 16.6. The number of likely N-dealkylation sites (N-methyl/N-ethyl adjacent to an activating group) is 1. The molecule has 0 spiro atoms. The smallest absolute Gasteiger partial charge is 0.267 e. The molecule has 3 aromatic rings. The molecular formula is C19H17N3O4. The van der Waals surface area contributed by atoms with Crippen LogP contribution in [0.15, 0.2) is 59.4 Å². The summed E-state index contributed by atoms with van der Waals surface area (Å²) < 4.78 is 16.7. The molecule has 1 aliphatic heterocycles. The van der Waals surface area contributed by atoms with Crippen LogP contribution in [0.5, 0.6) is 11.5 Å². The van der Waals surface area contributed by atoms with Gasteiger partial charge in [0.1, 0.15) is 12.3 Å². The summed E-state index contributed by atoms with van der Waals surface area (Å²) in [5.74, 6) is 1.62. The monoisotopic (exact) mass is 351 g/mol. The summed E-state index contributed by atoms with van der Waals surface area (Å²) in [5.41, 5.74) is 1.54. The standard InChI is InChI=1S/C19H17N3O4/c1-22(11-14-9-15(21-26-14)13-5-4-8-20-10-13)19(23)18-12-24-16-6-2-3-7-17(16)25-18/h2-10,18H,11-12H2,1H3. The van der Waals surface area contributed by atoms with Gasteiger partial charge in [0.15, 0.2) is 17.3 Å². The van der Waals surface area contributed by atoms with Crippen molar-refractivity contribution in [2.24, 2.45) is 0 Å². The average Bonchev–Trinajstić information content (AvgIpc) is 3.16. The summed E-state index contributed by atoms with van der Waals surface area (Å²) >= 11 is 0. The molecular weight excluding hydrogens is 334 g/mol. The van der Waals surface area contributed by atoms with Gasteiger partial charge in [0.2, 0.25) is 6.10 Å². The maximum Gasteiger partial charge on any atom is 0.267 e. The Labute approximate surface area is 150 Å². The van der Waals surface area contributed by atoms with Crippen molar-refractivity contribution in [2.45, 2.75) is 12.6 Å². The van der Waals surface area contributed by atoms with Crippen molar-refractivity contribution in [3.05, 3.63) is 60.6 Å². The number of carbonyl (C=O) groups is 1. The molecule has 1 unspecified atom stereocenters. The van der Waals surface area contributed by atoms with Gasteiger partial charge < -0.3 is 18.9 Å². The van der Waals surface area contributed by atoms with E-state index in [0.29, 0.717) is 23.0 Å². The van der Waals surface area contributed by atoms with Gasteiger partial charge in [-0.25, -0.2) is 0 Å². The van der Waals surface area contributed by atoms with Gasteiger partial charge in [0.25, 0.3) is 5.91 Å². The molecule has 0 N–H and O–H groups in total. The Hall–Kier alpha value is -3.35. The molecule has 1 amide bonds. The number of rotatable bonds is 4. The van der Waals surface area contributed by atoms with Gasteiger partial charge in [0.05, 0.1) is 6.54 Å². The molecule has 0 radical (unpaired) electrons. The fourth-order valence-electron chi connectivity index (χ4n) is 2.74. The molecule has 2 aromatic heterocycles. The lowest BCUT2D eigenvalue weighted by atomic mass is 10.2. The Morgan fingerprint density at radius 1 is 1.23 bits per heavy atom. The van der Waals surface area contributed by atoms with E-state index in [1.165, 1.54) is 4.90 Å². The van der Waals surface area contributed by atoms with Crippen LogP contribution in [0.2, 0.25) is 0 Å². The maximum absolute atomic E-state index is 12.6. The van der Waals surface area contributed by atoms with Crippen molar-refractivity contribution < 1.29 is 18.8 Å². The van der Waals surface area contributed by atoms with Crippen LogP contribution >= 0.6 is 0 Å². The summed E-state index contributed by atoms with van der Waals surface area (Å²) in [7, 11) is 1.69. The quantitative estimate of drug-likeness (QED) is 0.719. The molecule has 7 nitrogen and oxygen atoms in total. The number of hydrogen-bond acceptors (Lipinski definition) is 6. The SMILES string of the molecule is CN(Cc1cc(-c2cccnc2)no1)C(=O)C1COc2ccccc2O1. The van der Waals surface area contributed by atoms with Crippen molar-refractivity contribution in [2.75, 3.05) is 13.7 Å². The second kappa shape index (κ2) is 6.87. The van der Waals surface area contributed by atoms with E-state index in [2.05, 4.69) is 10.1 Å². The van der Waals surface area contributed by atoms with E-state index in [9.17, 15) is 4.79 Å². The molecule has 0 bridgehead atoms. The highest BCUT2D eigenvalue weighted by molar-refractivity contribution is 5.81. The first kappa shape index (κ1) is 16.1. The molecule has 0 saturated carbocycles. The molecule has 4 rings (SSSR count). The first-order valence-electron chi connectivity index (χ1n) is 8.20. The second-order valence-electron chi connectivity index (χ2n) is 5.98. The Bertz CT molecular complexity index is 910. The van der Waals surface area contributed by atoms with Crippen LogP contribution in [0, 0.1) is 0 Å². The Kier molecular flexibility index (Phi) is 4.27. The molecule has 1 aromatic carbocycles. The molecule has 1 atom stereocenters. The van der Waals surface area contributed by atoms with Crippen LogP contribution in [0.3, 0.4) is 0 Å². The first-order valence-corrected chi connectivity index (χ1v) is 8.20. The number of ether oxygens (including phenoxy) is 2. The van der Waals surface area contributed by atoms with E-state index < -0.39 is 6.10 Å². The number of benzene rings is 1. The fourth-order valence-corrected chi connectivity index (χ4v) is 2.74. The lowest BCUT2D eigenvalue weighted by Crippen LogP contribution is -2.44. The fraction of sp³-hybridized carbons (Fsp3) is 0.211. The minimum atomic E-state index is -0.685. The zero-order valence-corrected chi connectivity index (χ0v) is 14.2. The van der Waals surface area contributed by atoms with Crippen LogP contribution in [-0.4, -0.2) is 40.7 Å². The third-order valence-corrected chi connectivity index (χ3v) is 4.07. The minimum absolute atomic E-state index is 0.178. The van der Waals surface area contributed by atoms with Crippen LogP contribution in [0.1, 0.15) is 5.76 Å². The van der Waals surface area contributed by atoms with E-state index in [0.717, 1.165) is 5.56 Å². The van der Waals surface area contributed by atoms with Crippen molar-refractivity contribution in [1.82, 2.24) is 15.0 Å². The van der Waals surface area contributed by atoms with Crippen molar-refractivity contribution >= 4 is 5.91 Å². The zero-order chi connectivity index (χ0) is 17.9. The average molecular weight is 351 g/mol. The summed E-state index contributed by atoms with van der Waals surface area (Å²) in [6.45, 7) is 0.463. The van der Waals surface area contributed by atoms with Crippen LogP contribution < -0.4 is 9.47 Å². The van der Waals surface area contributed by atoms with E-state index in [-0.39, 0.29) is 19.1 Å². The molecule has 3 heterocycles. The molecule has 132 valence electrons. The zero-order valence-electron chi connectivity index (χ0n) is 14.2. The minimum Gasteiger partial charge on any atom is -0.485 e. The summed E-state index contributed by atoms with van der Waals surface area (Å²) in [5, 5.41) is 4.03. The number of fused-ring (bicyclic) bond motifs is 1. The van der Waals surface area contributed by atoms with E-state index >= 15 is 0 Å². The number of amides is 1. The summed E-state index contributed by atoms with van der Waals surface area (Å²) in [4.78, 5) is 18.2. The van der Waals surface area contributed by atoms with E-state index in [1.54, 1.807) is 31.6 Å². The summed E-state index contributed by atoms with van der Waals surface area (Å²) in [6, 6.07) is 12.8. The number of hydrogen-bond donors (Lipinski definition) is 0. The third-order valence-electron chi connectivity index (χ3n) is 4.07. The van der Waals surface area contributed by atoms with Crippen LogP contribution in [-0.2, 0) is 11.3 Å². The van der Waals surface area contributed by atoms with Crippen LogP contribution in [0.25, 0.3) is 11.3 Å². The van der Waals surface area contributed by atoms with Gasteiger partial charge in [-0.05, 0) is 24.3 Å². The highest BCUT2D eigenvalue weighted by Gasteiger charge is 2.30. The predicted octanol–water partition coefficient (Wildman–Crippen LogP) is 2.54. The molecule has 1 aliphatic rings. The number of pyridine rings is 1. The number of aromatic nitrogens is 2. The highest BCUT2D eigenvalue weighted by Crippen LogP contribution is 2.31. The van der Waals surface area contributed by atoms with Gasteiger partial charge in [-0.2, -0.15) is 0 Å². The van der Waals surface area contributed by atoms with Gasteiger partial charge >= 0.3 is 0 Å². The van der Waals surface area contributed by atoms with E-state index in [1.807, 2.05) is 30.3 Å². The second-order valence-corrected chi connectivity index (χ2v) is 5.98. The molecule has 0 aliphatic carbocycles. The lowest BCUT2D eigenvalue weighted by molar-refractivity contribution is -0.140. The topological polar surface area (TPSA) is 77.7 Å². The Morgan fingerprint density at radius 2 is 2.08 bits per heavy atom. The van der Waals surface area contributed by atoms with Crippen molar-refractivity contribution in [3.63, 3.8) is 0 Å². The van der Waals surface area contributed by atoms with Gasteiger partial charge in [-0.3, -0.25) is 9.78 Å². The van der Waals surface area contributed by atoms with Gasteiger partial charge in [0, 0.05) is 31.1 Å². The molecule has 0 fully saturated rings. The molecule has 7 heteroatoms. The predicted molar refractivity (Wildman–Crippen MR) is 92.6 cm³/mol. The van der Waals surface area contributed by atoms with Crippen LogP contribution in [0.4, 0.5) is 0 Å². The Balaban J connectivity index is 1.42. The van der Waals surface area contributed by atoms with Gasteiger partial charge in [-0.15, -0.1) is 0 Å². The molecule has 26 heavy (non-hydrogen) atoms. The number of para-hydroxylation sites is 2. The number of carbonyl (C=O) groups excluding carboxylic acids is 1.